The summed E-state index contributed by atoms with van der Waals surface area (Å²) in [6, 6.07) is 4.55. The molecule has 0 bridgehead atoms. The lowest BCUT2D eigenvalue weighted by atomic mass is 10.3. The van der Waals surface area contributed by atoms with E-state index in [4.69, 9.17) is 0 Å². The predicted octanol–water partition coefficient (Wildman–Crippen LogP) is 1.14. The summed E-state index contributed by atoms with van der Waals surface area (Å²) in [4.78, 5) is 0. The minimum absolute atomic E-state index is 0. The summed E-state index contributed by atoms with van der Waals surface area (Å²) in [6.07, 6.45) is 0. The molecule has 0 saturated heterocycles. The van der Waals surface area contributed by atoms with Gasteiger partial charge in [0.1, 0.15) is 11.6 Å². The van der Waals surface area contributed by atoms with Crippen molar-refractivity contribution in [2.24, 2.45) is 0 Å². The van der Waals surface area contributed by atoms with Crippen LogP contribution in [-0.2, 0) is 0 Å². The topological polar surface area (TPSA) is 31.5 Å². The van der Waals surface area contributed by atoms with E-state index in [2.05, 4.69) is 0 Å². The molecule has 1 aromatic carbocycles. The van der Waals surface area contributed by atoms with Gasteiger partial charge in [0, 0.05) is 6.07 Å². The Kier molecular flexibility index (Phi) is 2.81. The summed E-state index contributed by atoms with van der Waals surface area (Å²) in [7, 11) is 0. The lowest BCUT2D eigenvalue weighted by Gasteiger charge is -1.84. The molecule has 0 amide bonds. The second-order valence-electron chi connectivity index (χ2n) is 1.44. The summed E-state index contributed by atoms with van der Waals surface area (Å²) in [5.41, 5.74) is 0. The molecule has 50 valence electrons. The Bertz CT molecular complexity index is 171. The first kappa shape index (κ1) is 8.04. The van der Waals surface area contributed by atoms with E-state index in [1.165, 1.54) is 18.2 Å². The van der Waals surface area contributed by atoms with Crippen molar-refractivity contribution in [3.05, 3.63) is 35.9 Å². The fourth-order valence-electron chi connectivity index (χ4n) is 0.460. The monoisotopic (exact) mass is 132 g/mol. The van der Waals surface area contributed by atoms with Crippen molar-refractivity contribution >= 4 is 0 Å². The van der Waals surface area contributed by atoms with E-state index in [-0.39, 0.29) is 5.48 Å². The second-order valence-corrected chi connectivity index (χ2v) is 1.44. The number of benzene rings is 1. The Balaban J connectivity index is 0.000000640. The van der Waals surface area contributed by atoms with Gasteiger partial charge in [-0.05, 0) is 12.1 Å². The molecule has 0 aliphatic rings. The fraction of sp³-hybridized carbons (Fsp3) is 0. The van der Waals surface area contributed by atoms with Crippen molar-refractivity contribution in [2.45, 2.75) is 0 Å². The van der Waals surface area contributed by atoms with Gasteiger partial charge in [-0.1, -0.05) is 6.07 Å². The van der Waals surface area contributed by atoms with Crippen LogP contribution >= 0.6 is 0 Å². The second kappa shape index (κ2) is 3.14. The van der Waals surface area contributed by atoms with E-state index in [0.717, 1.165) is 6.07 Å². The first-order valence-corrected chi connectivity index (χ1v) is 2.20. The molecular weight excluding hydrogens is 126 g/mol. The van der Waals surface area contributed by atoms with Gasteiger partial charge in [0.25, 0.3) is 0 Å². The highest BCUT2D eigenvalue weighted by Crippen LogP contribution is 1.99. The summed E-state index contributed by atoms with van der Waals surface area (Å²) in [6.45, 7) is 0. The van der Waals surface area contributed by atoms with Crippen LogP contribution in [0.4, 0.5) is 8.78 Å². The van der Waals surface area contributed by atoms with Gasteiger partial charge in [0.15, 0.2) is 0 Å². The molecule has 0 atom stereocenters. The van der Waals surface area contributed by atoms with Gasteiger partial charge in [-0.2, -0.15) is 0 Å². The minimum atomic E-state index is -0.537. The van der Waals surface area contributed by atoms with Gasteiger partial charge >= 0.3 is 0 Å². The predicted molar refractivity (Wildman–Crippen MR) is 30.0 cm³/mol. The molecule has 0 fully saturated rings. The van der Waals surface area contributed by atoms with Crippen LogP contribution in [0.3, 0.4) is 0 Å². The molecular formula is C6H6F2O. The highest BCUT2D eigenvalue weighted by Gasteiger charge is 1.88. The zero-order valence-electron chi connectivity index (χ0n) is 4.57. The van der Waals surface area contributed by atoms with Crippen molar-refractivity contribution in [3.63, 3.8) is 0 Å². The molecule has 0 aliphatic carbocycles. The van der Waals surface area contributed by atoms with Gasteiger partial charge in [-0.15, -0.1) is 0 Å². The van der Waals surface area contributed by atoms with Crippen LogP contribution in [0.25, 0.3) is 0 Å². The summed E-state index contributed by atoms with van der Waals surface area (Å²) in [5, 5.41) is 0. The molecule has 2 N–H and O–H groups in total. The molecule has 9 heavy (non-hydrogen) atoms. The third-order valence-corrected chi connectivity index (χ3v) is 0.787. The summed E-state index contributed by atoms with van der Waals surface area (Å²) < 4.78 is 23.9. The standard InChI is InChI=1S/C6H4F2.H2O/c7-5-2-1-3-6(8)4-5;/h1-4H;1H2. The first-order chi connectivity index (χ1) is 3.79. The van der Waals surface area contributed by atoms with Crippen LogP contribution in [0.15, 0.2) is 24.3 Å². The van der Waals surface area contributed by atoms with Gasteiger partial charge in [-0.3, -0.25) is 0 Å². The SMILES string of the molecule is Fc1cccc(F)c1.O. The van der Waals surface area contributed by atoms with E-state index in [9.17, 15) is 8.78 Å². The molecule has 0 spiro atoms. The third kappa shape index (κ3) is 2.19. The van der Waals surface area contributed by atoms with E-state index in [1.807, 2.05) is 0 Å². The molecule has 1 nitrogen and oxygen atoms in total. The van der Waals surface area contributed by atoms with Crippen LogP contribution in [0.1, 0.15) is 0 Å². The highest BCUT2D eigenvalue weighted by molar-refractivity contribution is 5.04. The lowest BCUT2D eigenvalue weighted by molar-refractivity contribution is 0.583. The molecule has 0 aliphatic heterocycles. The Morgan fingerprint density at radius 3 is 1.67 bits per heavy atom. The molecule has 0 saturated carbocycles. The van der Waals surface area contributed by atoms with Gasteiger partial charge in [0.2, 0.25) is 0 Å². The van der Waals surface area contributed by atoms with Gasteiger partial charge in [-0.25, -0.2) is 8.78 Å². The lowest BCUT2D eigenvalue weighted by Crippen LogP contribution is -1.73. The maximum atomic E-state index is 11.9. The zero-order valence-corrected chi connectivity index (χ0v) is 4.57. The van der Waals surface area contributed by atoms with Crippen molar-refractivity contribution in [3.8, 4) is 0 Å². The molecule has 0 unspecified atom stereocenters. The number of hydrogen-bond acceptors (Lipinski definition) is 0. The van der Waals surface area contributed by atoms with Gasteiger partial charge in [0.05, 0.1) is 0 Å². The average molecular weight is 132 g/mol. The van der Waals surface area contributed by atoms with E-state index >= 15 is 0 Å². The molecule has 0 radical (unpaired) electrons. The maximum absolute atomic E-state index is 11.9. The van der Waals surface area contributed by atoms with Crippen molar-refractivity contribution in [2.75, 3.05) is 0 Å². The molecule has 1 rings (SSSR count). The normalized spacial score (nSPS) is 8.22. The van der Waals surface area contributed by atoms with Crippen molar-refractivity contribution in [1.82, 2.24) is 0 Å². The molecule has 3 heteroatoms. The van der Waals surface area contributed by atoms with Gasteiger partial charge < -0.3 is 5.48 Å². The number of rotatable bonds is 0. The Morgan fingerprint density at radius 2 is 1.44 bits per heavy atom. The zero-order chi connectivity index (χ0) is 5.98. The van der Waals surface area contributed by atoms with Crippen LogP contribution in [0.2, 0.25) is 0 Å². The molecule has 0 aromatic heterocycles. The minimum Gasteiger partial charge on any atom is -0.412 e. The smallest absolute Gasteiger partial charge is 0.126 e. The maximum Gasteiger partial charge on any atom is 0.126 e. The van der Waals surface area contributed by atoms with Crippen LogP contribution < -0.4 is 0 Å². The Morgan fingerprint density at radius 1 is 1.00 bits per heavy atom. The average Bonchev–Trinajstić information content (AvgIpc) is 1.64. The summed E-state index contributed by atoms with van der Waals surface area (Å²) >= 11 is 0. The third-order valence-electron chi connectivity index (χ3n) is 0.787. The van der Waals surface area contributed by atoms with E-state index in [1.54, 1.807) is 0 Å². The van der Waals surface area contributed by atoms with Crippen LogP contribution in [0.5, 0.6) is 0 Å². The van der Waals surface area contributed by atoms with Crippen LogP contribution in [-0.4, -0.2) is 5.48 Å². The largest absolute Gasteiger partial charge is 0.412 e. The first-order valence-electron chi connectivity index (χ1n) is 2.20. The Labute approximate surface area is 51.2 Å². The molecule has 0 heterocycles. The fourth-order valence-corrected chi connectivity index (χ4v) is 0.460. The van der Waals surface area contributed by atoms with Crippen molar-refractivity contribution in [1.29, 1.82) is 0 Å². The molecule has 1 aromatic rings. The Hall–Kier alpha value is -0.960. The number of hydrogen-bond donors (Lipinski definition) is 0. The van der Waals surface area contributed by atoms with Crippen LogP contribution in [0, 0.1) is 11.6 Å². The van der Waals surface area contributed by atoms with E-state index < -0.39 is 11.6 Å². The number of halogens is 2. The summed E-state index contributed by atoms with van der Waals surface area (Å²) in [5.74, 6) is -1.07. The quantitative estimate of drug-likeness (QED) is 0.507. The van der Waals surface area contributed by atoms with E-state index in [0.29, 0.717) is 0 Å². The highest BCUT2D eigenvalue weighted by atomic mass is 19.1. The van der Waals surface area contributed by atoms with Crippen molar-refractivity contribution < 1.29 is 14.3 Å².